The molecule has 7 heteroatoms. The number of fused-ring (bicyclic) bond motifs is 1. The second kappa shape index (κ2) is 5.40. The maximum atomic E-state index is 12.4. The molecule has 3 heterocycles. The number of piperazine rings is 1. The van der Waals surface area contributed by atoms with Crippen LogP contribution in [0.5, 0.6) is 0 Å². The van der Waals surface area contributed by atoms with Gasteiger partial charge in [-0.05, 0) is 18.8 Å². The van der Waals surface area contributed by atoms with Gasteiger partial charge in [-0.2, -0.15) is 0 Å². The van der Waals surface area contributed by atoms with Crippen molar-refractivity contribution in [2.24, 2.45) is 5.92 Å². The van der Waals surface area contributed by atoms with Crippen LogP contribution in [0.15, 0.2) is 0 Å². The number of hydrogen-bond acceptors (Lipinski definition) is 4. The number of carbonyl (C=O) groups excluding carboxylic acids is 3. The highest BCUT2D eigenvalue weighted by atomic mass is 16.2. The molecular weight excluding hydrogens is 260 g/mol. The van der Waals surface area contributed by atoms with E-state index in [9.17, 15) is 14.4 Å². The van der Waals surface area contributed by atoms with Crippen LogP contribution in [-0.2, 0) is 14.4 Å². The smallest absolute Gasteiger partial charge is 0.241 e. The molecule has 3 aliphatic rings. The summed E-state index contributed by atoms with van der Waals surface area (Å²) in [5.41, 5.74) is 0. The topological polar surface area (TPSA) is 90.5 Å². The summed E-state index contributed by atoms with van der Waals surface area (Å²) in [6, 6.07) is -0.0956. The van der Waals surface area contributed by atoms with Gasteiger partial charge in [0.05, 0.1) is 6.54 Å². The highest BCUT2D eigenvalue weighted by Gasteiger charge is 2.37. The van der Waals surface area contributed by atoms with Gasteiger partial charge in [-0.15, -0.1) is 0 Å². The average Bonchev–Trinajstić information content (AvgIpc) is 2.47. The zero-order valence-corrected chi connectivity index (χ0v) is 11.4. The minimum Gasteiger partial charge on any atom is -0.353 e. The van der Waals surface area contributed by atoms with Crippen molar-refractivity contribution in [1.82, 2.24) is 20.9 Å². The number of piperidine rings is 2. The van der Waals surface area contributed by atoms with Crippen molar-refractivity contribution in [2.45, 2.75) is 31.3 Å². The van der Waals surface area contributed by atoms with Crippen LogP contribution in [0, 0.1) is 5.92 Å². The monoisotopic (exact) mass is 280 g/mol. The van der Waals surface area contributed by atoms with E-state index in [-0.39, 0.29) is 36.3 Å². The van der Waals surface area contributed by atoms with Crippen LogP contribution < -0.4 is 16.0 Å². The number of carbonyl (C=O) groups is 3. The van der Waals surface area contributed by atoms with Gasteiger partial charge in [-0.1, -0.05) is 0 Å². The van der Waals surface area contributed by atoms with E-state index in [0.717, 1.165) is 12.8 Å². The van der Waals surface area contributed by atoms with Crippen molar-refractivity contribution >= 4 is 17.7 Å². The summed E-state index contributed by atoms with van der Waals surface area (Å²) in [7, 11) is 0. The van der Waals surface area contributed by atoms with Crippen molar-refractivity contribution in [1.29, 1.82) is 0 Å². The first-order valence-corrected chi connectivity index (χ1v) is 7.22. The van der Waals surface area contributed by atoms with E-state index < -0.39 is 0 Å². The Morgan fingerprint density at radius 2 is 2.05 bits per heavy atom. The molecule has 20 heavy (non-hydrogen) atoms. The minimum absolute atomic E-state index is 0.0559. The molecule has 0 aromatic carbocycles. The normalized spacial score (nSPS) is 34.0. The van der Waals surface area contributed by atoms with E-state index in [4.69, 9.17) is 0 Å². The third-order valence-corrected chi connectivity index (χ3v) is 4.44. The molecule has 0 aromatic rings. The van der Waals surface area contributed by atoms with Crippen molar-refractivity contribution in [2.75, 3.05) is 26.2 Å². The van der Waals surface area contributed by atoms with Crippen LogP contribution in [0.1, 0.15) is 19.3 Å². The molecule has 0 spiro atoms. The minimum atomic E-state index is -0.317. The van der Waals surface area contributed by atoms with Crippen molar-refractivity contribution in [3.05, 3.63) is 0 Å². The lowest BCUT2D eigenvalue weighted by molar-refractivity contribution is -0.137. The molecule has 3 amide bonds. The molecule has 3 unspecified atom stereocenters. The fourth-order valence-electron chi connectivity index (χ4n) is 3.27. The van der Waals surface area contributed by atoms with Crippen molar-refractivity contribution in [3.8, 4) is 0 Å². The summed E-state index contributed by atoms with van der Waals surface area (Å²) in [5, 5.41) is 8.69. The Morgan fingerprint density at radius 1 is 1.20 bits per heavy atom. The maximum Gasteiger partial charge on any atom is 0.241 e. The van der Waals surface area contributed by atoms with Gasteiger partial charge < -0.3 is 15.5 Å². The highest BCUT2D eigenvalue weighted by Crippen LogP contribution is 2.25. The van der Waals surface area contributed by atoms with E-state index in [0.29, 0.717) is 32.0 Å². The number of nitrogens with one attached hydrogen (secondary N) is 3. The van der Waals surface area contributed by atoms with E-state index >= 15 is 0 Å². The third kappa shape index (κ3) is 2.63. The number of hydrogen-bond donors (Lipinski definition) is 3. The van der Waals surface area contributed by atoms with Crippen LogP contribution in [0.25, 0.3) is 0 Å². The second-order valence-corrected chi connectivity index (χ2v) is 5.78. The maximum absolute atomic E-state index is 12.4. The first-order chi connectivity index (χ1) is 9.63. The van der Waals surface area contributed by atoms with Crippen molar-refractivity contribution in [3.63, 3.8) is 0 Å². The Labute approximate surface area is 117 Å². The van der Waals surface area contributed by atoms with Gasteiger partial charge in [0.25, 0.3) is 0 Å². The molecule has 110 valence electrons. The third-order valence-electron chi connectivity index (χ3n) is 4.44. The lowest BCUT2D eigenvalue weighted by Crippen LogP contribution is -2.62. The standard InChI is InChI=1S/C13H20N4O3/c18-11-2-1-8-7-17(4-3-9(8)16-11)13(20)10-5-15-12(19)6-14-10/h8-10,14H,1-7H2,(H,15,19)(H,16,18). The molecule has 3 atom stereocenters. The van der Waals surface area contributed by atoms with Gasteiger partial charge in [0, 0.05) is 32.1 Å². The van der Waals surface area contributed by atoms with Crippen LogP contribution in [0.2, 0.25) is 0 Å². The summed E-state index contributed by atoms with van der Waals surface area (Å²) in [6.07, 6.45) is 2.23. The van der Waals surface area contributed by atoms with Crippen LogP contribution in [0.4, 0.5) is 0 Å². The Bertz CT molecular complexity index is 429. The summed E-state index contributed by atoms with van der Waals surface area (Å²) in [5.74, 6) is 0.481. The number of nitrogens with zero attached hydrogens (tertiary/aromatic N) is 1. The molecule has 0 aromatic heterocycles. The van der Waals surface area contributed by atoms with E-state index in [1.54, 1.807) is 0 Å². The predicted octanol–water partition coefficient (Wildman–Crippen LogP) is -1.80. The Hall–Kier alpha value is -1.63. The Morgan fingerprint density at radius 3 is 2.80 bits per heavy atom. The van der Waals surface area contributed by atoms with Gasteiger partial charge in [0.1, 0.15) is 6.04 Å². The van der Waals surface area contributed by atoms with Crippen molar-refractivity contribution < 1.29 is 14.4 Å². The molecule has 0 aliphatic carbocycles. The number of rotatable bonds is 1. The lowest BCUT2D eigenvalue weighted by atomic mass is 9.85. The molecule has 3 aliphatic heterocycles. The van der Waals surface area contributed by atoms with Crippen LogP contribution in [0.3, 0.4) is 0 Å². The largest absolute Gasteiger partial charge is 0.353 e. The number of likely N-dealkylation sites (tertiary alicyclic amines) is 1. The van der Waals surface area contributed by atoms with Gasteiger partial charge in [0.15, 0.2) is 0 Å². The molecule has 0 bridgehead atoms. The molecule has 3 N–H and O–H groups in total. The Kier molecular flexibility index (Phi) is 3.60. The quantitative estimate of drug-likeness (QED) is 0.529. The average molecular weight is 280 g/mol. The molecule has 3 fully saturated rings. The van der Waals surface area contributed by atoms with Crippen LogP contribution >= 0.6 is 0 Å². The zero-order valence-electron chi connectivity index (χ0n) is 11.4. The number of amides is 3. The van der Waals surface area contributed by atoms with E-state index in [1.165, 1.54) is 0 Å². The Balaban J connectivity index is 1.57. The van der Waals surface area contributed by atoms with Gasteiger partial charge in [0.2, 0.25) is 17.7 Å². The fraction of sp³-hybridized carbons (Fsp3) is 0.769. The van der Waals surface area contributed by atoms with Gasteiger partial charge >= 0.3 is 0 Å². The predicted molar refractivity (Wildman–Crippen MR) is 70.7 cm³/mol. The highest BCUT2D eigenvalue weighted by molar-refractivity contribution is 5.87. The molecule has 0 saturated carbocycles. The summed E-state index contributed by atoms with van der Waals surface area (Å²) < 4.78 is 0. The SMILES string of the molecule is O=C1CNC(C(=O)N2CCC3NC(=O)CCC3C2)CN1. The van der Waals surface area contributed by atoms with Gasteiger partial charge in [-0.3, -0.25) is 19.7 Å². The molecule has 0 radical (unpaired) electrons. The first-order valence-electron chi connectivity index (χ1n) is 7.22. The molecular formula is C13H20N4O3. The van der Waals surface area contributed by atoms with E-state index in [1.807, 2.05) is 4.90 Å². The van der Waals surface area contributed by atoms with Crippen LogP contribution in [-0.4, -0.2) is 60.9 Å². The molecule has 3 saturated heterocycles. The van der Waals surface area contributed by atoms with Gasteiger partial charge in [-0.25, -0.2) is 0 Å². The second-order valence-electron chi connectivity index (χ2n) is 5.78. The summed E-state index contributed by atoms with van der Waals surface area (Å²) >= 11 is 0. The zero-order chi connectivity index (χ0) is 14.1. The van der Waals surface area contributed by atoms with E-state index in [2.05, 4.69) is 16.0 Å². The molecule has 7 nitrogen and oxygen atoms in total. The fourth-order valence-corrected chi connectivity index (χ4v) is 3.27. The lowest BCUT2D eigenvalue weighted by Gasteiger charge is -2.42. The summed E-state index contributed by atoms with van der Waals surface area (Å²) in [6.45, 7) is 1.94. The molecule has 3 rings (SSSR count). The summed E-state index contributed by atoms with van der Waals surface area (Å²) in [4.78, 5) is 36.7. The first kappa shape index (κ1) is 13.4.